The van der Waals surface area contributed by atoms with Crippen LogP contribution in [0.25, 0.3) is 0 Å². The van der Waals surface area contributed by atoms with Crippen LogP contribution < -0.4 is 10.6 Å². The first kappa shape index (κ1) is 31.8. The lowest BCUT2D eigenvalue weighted by Crippen LogP contribution is -2.53. The number of amides is 3. The molecule has 2 unspecified atom stereocenters. The number of carbonyl (C=O) groups is 3. The molecule has 36 heavy (non-hydrogen) atoms. The summed E-state index contributed by atoms with van der Waals surface area (Å²) in [5.74, 6) is 0.225. The van der Waals surface area contributed by atoms with Crippen LogP contribution in [0.3, 0.4) is 0 Å². The third-order valence-corrected chi connectivity index (χ3v) is 6.45. The number of ether oxygens (including phenoxy) is 1. The number of rotatable bonds is 14. The molecule has 0 bridgehead atoms. The summed E-state index contributed by atoms with van der Waals surface area (Å²) in [6.07, 6.45) is 5.43. The Kier molecular flexibility index (Phi) is 14.0. The van der Waals surface area contributed by atoms with E-state index in [1.165, 1.54) is 0 Å². The average molecular weight is 522 g/mol. The first-order valence-corrected chi connectivity index (χ1v) is 14.5. The molecule has 2 atom stereocenters. The van der Waals surface area contributed by atoms with Crippen LogP contribution in [0.15, 0.2) is 18.2 Å². The summed E-state index contributed by atoms with van der Waals surface area (Å²) < 4.78 is 5.44. The Bertz CT molecular complexity index is 833. The van der Waals surface area contributed by atoms with Gasteiger partial charge in [-0.1, -0.05) is 44.9 Å². The zero-order valence-electron chi connectivity index (χ0n) is 23.5. The van der Waals surface area contributed by atoms with Gasteiger partial charge >= 0.3 is 6.09 Å². The Morgan fingerprint density at radius 3 is 2.22 bits per heavy atom. The summed E-state index contributed by atoms with van der Waals surface area (Å²) in [6.45, 7) is 14.4. The lowest BCUT2D eigenvalue weighted by atomic mass is 9.93. The van der Waals surface area contributed by atoms with Gasteiger partial charge in [0, 0.05) is 13.1 Å². The van der Waals surface area contributed by atoms with E-state index in [2.05, 4.69) is 17.6 Å². The molecule has 0 fully saturated rings. The second kappa shape index (κ2) is 15.8. The SMILES string of the molecule is CCCCCNC(=O)C(c1c(C)cccc1C)N(CCC)C(=O)C(CCSC)NC(=O)OC(C)(C)C. The van der Waals surface area contributed by atoms with Gasteiger partial charge in [0.1, 0.15) is 17.7 Å². The molecule has 2 N–H and O–H groups in total. The number of unbranched alkanes of at least 4 members (excludes halogenated alkanes) is 2. The van der Waals surface area contributed by atoms with E-state index in [1.54, 1.807) is 37.4 Å². The van der Waals surface area contributed by atoms with Crippen molar-refractivity contribution in [2.24, 2.45) is 0 Å². The van der Waals surface area contributed by atoms with Crippen LogP contribution in [0, 0.1) is 13.8 Å². The number of benzene rings is 1. The highest BCUT2D eigenvalue weighted by Crippen LogP contribution is 2.29. The minimum absolute atomic E-state index is 0.189. The second-order valence-corrected chi connectivity index (χ2v) is 11.2. The second-order valence-electron chi connectivity index (χ2n) is 10.2. The summed E-state index contributed by atoms with van der Waals surface area (Å²) in [5.41, 5.74) is 2.07. The van der Waals surface area contributed by atoms with E-state index in [9.17, 15) is 14.4 Å². The van der Waals surface area contributed by atoms with Gasteiger partial charge in [-0.25, -0.2) is 4.79 Å². The molecule has 3 amide bonds. The number of carbonyl (C=O) groups excluding carboxylic acids is 3. The standard InChI is InChI=1S/C28H47N3O4S/c1-9-11-12-17-29-25(32)24(23-20(3)14-13-15-21(23)4)31(18-10-2)26(33)22(16-19-36-8)30-27(34)35-28(5,6)7/h13-15,22,24H,9-12,16-19H2,1-8H3,(H,29,32)(H,30,34). The zero-order chi connectivity index (χ0) is 27.3. The molecule has 1 rings (SSSR count). The van der Waals surface area contributed by atoms with Gasteiger partial charge in [-0.05, 0) is 82.6 Å². The maximum Gasteiger partial charge on any atom is 0.408 e. The van der Waals surface area contributed by atoms with E-state index in [0.717, 1.165) is 36.0 Å². The van der Waals surface area contributed by atoms with E-state index in [1.807, 2.05) is 45.2 Å². The van der Waals surface area contributed by atoms with Crippen molar-refractivity contribution < 1.29 is 19.1 Å². The minimum atomic E-state index is -0.793. The summed E-state index contributed by atoms with van der Waals surface area (Å²) in [6, 6.07) is 4.33. The van der Waals surface area contributed by atoms with Gasteiger partial charge in [0.15, 0.2) is 0 Å². The number of hydrogen-bond acceptors (Lipinski definition) is 5. The van der Waals surface area contributed by atoms with E-state index < -0.39 is 23.8 Å². The Balaban J connectivity index is 3.42. The van der Waals surface area contributed by atoms with Crippen LogP contribution in [-0.4, -0.2) is 59.5 Å². The smallest absolute Gasteiger partial charge is 0.408 e. The molecule has 204 valence electrons. The Morgan fingerprint density at radius 2 is 1.69 bits per heavy atom. The highest BCUT2D eigenvalue weighted by atomic mass is 32.2. The van der Waals surface area contributed by atoms with Gasteiger partial charge in [-0.3, -0.25) is 9.59 Å². The Hall–Kier alpha value is -2.22. The predicted octanol–water partition coefficient (Wildman–Crippen LogP) is 5.54. The molecule has 0 spiro atoms. The summed E-state index contributed by atoms with van der Waals surface area (Å²) in [4.78, 5) is 41.9. The first-order chi connectivity index (χ1) is 17.0. The fourth-order valence-corrected chi connectivity index (χ4v) is 4.59. The highest BCUT2D eigenvalue weighted by molar-refractivity contribution is 7.98. The lowest BCUT2D eigenvalue weighted by Gasteiger charge is -2.35. The molecule has 0 aromatic heterocycles. The Morgan fingerprint density at radius 1 is 1.06 bits per heavy atom. The minimum Gasteiger partial charge on any atom is -0.444 e. The molecule has 7 nitrogen and oxygen atoms in total. The van der Waals surface area contributed by atoms with Crippen molar-refractivity contribution in [2.45, 2.75) is 98.3 Å². The number of nitrogens with one attached hydrogen (secondary N) is 2. The van der Waals surface area contributed by atoms with Crippen molar-refractivity contribution in [2.75, 3.05) is 25.1 Å². The predicted molar refractivity (Wildman–Crippen MR) is 149 cm³/mol. The van der Waals surface area contributed by atoms with Crippen molar-refractivity contribution in [3.05, 3.63) is 34.9 Å². The van der Waals surface area contributed by atoms with Crippen LogP contribution in [0.1, 0.15) is 89.5 Å². The van der Waals surface area contributed by atoms with Gasteiger partial charge < -0.3 is 20.3 Å². The molecule has 0 heterocycles. The molecule has 0 aliphatic carbocycles. The molecule has 0 radical (unpaired) electrons. The number of alkyl carbamates (subject to hydrolysis) is 1. The molecular formula is C28H47N3O4S. The average Bonchev–Trinajstić information content (AvgIpc) is 2.79. The van der Waals surface area contributed by atoms with Crippen LogP contribution in [0.2, 0.25) is 0 Å². The van der Waals surface area contributed by atoms with Crippen molar-refractivity contribution in [3.8, 4) is 0 Å². The fourth-order valence-electron chi connectivity index (χ4n) is 4.12. The maximum absolute atomic E-state index is 14.0. The fraction of sp³-hybridized carbons (Fsp3) is 0.679. The van der Waals surface area contributed by atoms with Crippen LogP contribution in [-0.2, 0) is 14.3 Å². The van der Waals surface area contributed by atoms with Gasteiger partial charge in [0.05, 0.1) is 0 Å². The Labute approximate surface area is 222 Å². The van der Waals surface area contributed by atoms with Crippen molar-refractivity contribution >= 4 is 29.7 Å². The van der Waals surface area contributed by atoms with Gasteiger partial charge in [-0.15, -0.1) is 0 Å². The summed E-state index contributed by atoms with van der Waals surface area (Å²) in [7, 11) is 0. The number of thioether (sulfide) groups is 1. The number of aryl methyl sites for hydroxylation is 2. The van der Waals surface area contributed by atoms with Crippen LogP contribution in [0.4, 0.5) is 4.79 Å². The normalized spacial score (nSPS) is 13.0. The quantitative estimate of drug-likeness (QED) is 0.314. The van der Waals surface area contributed by atoms with Crippen molar-refractivity contribution in [1.82, 2.24) is 15.5 Å². The van der Waals surface area contributed by atoms with Gasteiger partial charge in [0.2, 0.25) is 11.8 Å². The molecule has 1 aromatic carbocycles. The molecule has 0 aliphatic heterocycles. The molecule has 0 saturated heterocycles. The molecular weight excluding hydrogens is 474 g/mol. The number of hydrogen-bond donors (Lipinski definition) is 2. The van der Waals surface area contributed by atoms with Gasteiger partial charge in [0.25, 0.3) is 0 Å². The largest absolute Gasteiger partial charge is 0.444 e. The highest BCUT2D eigenvalue weighted by Gasteiger charge is 2.36. The van der Waals surface area contributed by atoms with Crippen LogP contribution >= 0.6 is 11.8 Å². The lowest BCUT2D eigenvalue weighted by molar-refractivity contribution is -0.142. The first-order valence-electron chi connectivity index (χ1n) is 13.1. The molecule has 8 heteroatoms. The number of nitrogens with zero attached hydrogens (tertiary/aromatic N) is 1. The van der Waals surface area contributed by atoms with Crippen molar-refractivity contribution in [1.29, 1.82) is 0 Å². The van der Waals surface area contributed by atoms with Gasteiger partial charge in [-0.2, -0.15) is 11.8 Å². The van der Waals surface area contributed by atoms with E-state index in [-0.39, 0.29) is 11.8 Å². The van der Waals surface area contributed by atoms with E-state index in [4.69, 9.17) is 4.74 Å². The third kappa shape index (κ3) is 10.4. The molecule has 0 aliphatic rings. The topological polar surface area (TPSA) is 87.7 Å². The molecule has 1 aromatic rings. The monoisotopic (exact) mass is 521 g/mol. The third-order valence-electron chi connectivity index (χ3n) is 5.80. The van der Waals surface area contributed by atoms with Crippen molar-refractivity contribution in [3.63, 3.8) is 0 Å². The maximum atomic E-state index is 14.0. The summed E-state index contributed by atoms with van der Waals surface area (Å²) in [5, 5.41) is 5.85. The van der Waals surface area contributed by atoms with Crippen LogP contribution in [0.5, 0.6) is 0 Å². The summed E-state index contributed by atoms with van der Waals surface area (Å²) >= 11 is 1.60. The van der Waals surface area contributed by atoms with E-state index >= 15 is 0 Å². The zero-order valence-corrected chi connectivity index (χ0v) is 24.3. The van der Waals surface area contributed by atoms with E-state index in [0.29, 0.717) is 31.7 Å². The molecule has 0 saturated carbocycles.